The number of hydrogen-bond acceptors (Lipinski definition) is 4. The maximum absolute atomic E-state index is 10.5. The lowest BCUT2D eigenvalue weighted by atomic mass is 9.99. The van der Waals surface area contributed by atoms with Crippen LogP contribution in [0, 0.1) is 0 Å². The first-order valence-electron chi connectivity index (χ1n) is 6.72. The molecular weight excluding hydrogens is 264 g/mol. The van der Waals surface area contributed by atoms with E-state index in [4.69, 9.17) is 5.73 Å². The molecule has 106 valence electrons. The van der Waals surface area contributed by atoms with Crippen molar-refractivity contribution < 1.29 is 5.11 Å². The van der Waals surface area contributed by atoms with Crippen molar-refractivity contribution in [3.63, 3.8) is 0 Å². The zero-order chi connectivity index (χ0) is 14.7. The van der Waals surface area contributed by atoms with Crippen LogP contribution in [0.5, 0.6) is 0 Å². The molecule has 0 fully saturated rings. The van der Waals surface area contributed by atoms with E-state index in [9.17, 15) is 5.11 Å². The van der Waals surface area contributed by atoms with Crippen molar-refractivity contribution in [2.24, 2.45) is 0 Å². The molecule has 0 bridgehead atoms. The minimum Gasteiger partial charge on any atom is -0.388 e. The van der Waals surface area contributed by atoms with Gasteiger partial charge in [0.05, 0.1) is 18.0 Å². The summed E-state index contributed by atoms with van der Waals surface area (Å²) in [4.78, 5) is 4.04. The summed E-state index contributed by atoms with van der Waals surface area (Å²) in [5.41, 5.74) is 9.22. The van der Waals surface area contributed by atoms with Crippen LogP contribution in [0.4, 0.5) is 5.82 Å². The third-order valence-electron chi connectivity index (χ3n) is 3.43. The quantitative estimate of drug-likeness (QED) is 0.684. The molecule has 0 saturated heterocycles. The van der Waals surface area contributed by atoms with Gasteiger partial charge < -0.3 is 10.8 Å². The Labute approximate surface area is 122 Å². The Hall–Kier alpha value is -2.66. The molecule has 1 atom stereocenters. The van der Waals surface area contributed by atoms with Crippen LogP contribution in [0.15, 0.2) is 54.9 Å². The summed E-state index contributed by atoms with van der Waals surface area (Å²) in [7, 11) is 0. The number of nitrogens with zero attached hydrogens (tertiary/aromatic N) is 2. The number of pyridine rings is 1. The van der Waals surface area contributed by atoms with E-state index in [2.05, 4.69) is 15.2 Å². The van der Waals surface area contributed by atoms with Gasteiger partial charge in [0, 0.05) is 18.2 Å². The molecule has 21 heavy (non-hydrogen) atoms. The molecule has 0 aliphatic heterocycles. The van der Waals surface area contributed by atoms with Crippen molar-refractivity contribution >= 4 is 5.82 Å². The number of nitrogens with one attached hydrogen (secondary N) is 1. The van der Waals surface area contributed by atoms with Crippen LogP contribution < -0.4 is 5.73 Å². The normalized spacial score (nSPS) is 12.2. The predicted molar refractivity (Wildman–Crippen MR) is 81.3 cm³/mol. The number of aromatic amines is 1. The first-order valence-corrected chi connectivity index (χ1v) is 6.72. The minimum absolute atomic E-state index is 0.402. The molecule has 0 aliphatic carbocycles. The lowest BCUT2D eigenvalue weighted by Gasteiger charge is -2.12. The third kappa shape index (κ3) is 2.78. The summed E-state index contributed by atoms with van der Waals surface area (Å²) in [5, 5.41) is 17.5. The van der Waals surface area contributed by atoms with Gasteiger partial charge in [-0.3, -0.25) is 5.10 Å². The SMILES string of the molecule is Nc1ncccc1CC(O)c1cn[nH]c1-c1ccccc1. The van der Waals surface area contributed by atoms with Gasteiger partial charge in [-0.05, 0) is 17.2 Å². The summed E-state index contributed by atoms with van der Waals surface area (Å²) < 4.78 is 0. The summed E-state index contributed by atoms with van der Waals surface area (Å²) >= 11 is 0. The second kappa shape index (κ2) is 5.76. The van der Waals surface area contributed by atoms with Gasteiger partial charge in [-0.2, -0.15) is 5.10 Å². The monoisotopic (exact) mass is 280 g/mol. The third-order valence-corrected chi connectivity index (χ3v) is 3.43. The van der Waals surface area contributed by atoms with Gasteiger partial charge in [0.2, 0.25) is 0 Å². The van der Waals surface area contributed by atoms with Gasteiger partial charge >= 0.3 is 0 Å². The molecule has 4 N–H and O–H groups in total. The molecule has 0 spiro atoms. The van der Waals surface area contributed by atoms with Crippen molar-refractivity contribution in [2.45, 2.75) is 12.5 Å². The van der Waals surface area contributed by atoms with E-state index in [1.807, 2.05) is 42.5 Å². The number of nitrogens with two attached hydrogens (primary N) is 1. The average molecular weight is 280 g/mol. The fourth-order valence-electron chi connectivity index (χ4n) is 2.33. The van der Waals surface area contributed by atoms with Crippen molar-refractivity contribution in [3.05, 3.63) is 66.0 Å². The van der Waals surface area contributed by atoms with E-state index in [1.165, 1.54) is 0 Å². The zero-order valence-electron chi connectivity index (χ0n) is 11.4. The lowest BCUT2D eigenvalue weighted by Crippen LogP contribution is -2.05. The first kappa shape index (κ1) is 13.3. The largest absolute Gasteiger partial charge is 0.388 e. The van der Waals surface area contributed by atoms with Gasteiger partial charge in [-0.1, -0.05) is 36.4 Å². The molecule has 5 heteroatoms. The van der Waals surface area contributed by atoms with E-state index in [0.717, 1.165) is 22.4 Å². The molecule has 0 radical (unpaired) electrons. The Kier molecular flexibility index (Phi) is 3.66. The van der Waals surface area contributed by atoms with Crippen LogP contribution in [-0.4, -0.2) is 20.3 Å². The number of aliphatic hydroxyl groups excluding tert-OH is 1. The smallest absolute Gasteiger partial charge is 0.126 e. The van der Waals surface area contributed by atoms with E-state index < -0.39 is 6.10 Å². The van der Waals surface area contributed by atoms with Crippen LogP contribution in [0.2, 0.25) is 0 Å². The number of anilines is 1. The van der Waals surface area contributed by atoms with Gasteiger partial charge in [0.25, 0.3) is 0 Å². The number of rotatable bonds is 4. The molecule has 2 heterocycles. The number of H-pyrrole nitrogens is 1. The molecule has 5 nitrogen and oxygen atoms in total. The van der Waals surface area contributed by atoms with E-state index in [1.54, 1.807) is 12.4 Å². The Morgan fingerprint density at radius 2 is 1.95 bits per heavy atom. The molecule has 1 unspecified atom stereocenters. The average Bonchev–Trinajstić information content (AvgIpc) is 3.00. The maximum atomic E-state index is 10.5. The van der Waals surface area contributed by atoms with Crippen LogP contribution in [-0.2, 0) is 6.42 Å². The number of nitrogen functional groups attached to an aromatic ring is 1. The molecule has 0 aliphatic rings. The van der Waals surface area contributed by atoms with Crippen LogP contribution >= 0.6 is 0 Å². The van der Waals surface area contributed by atoms with E-state index >= 15 is 0 Å². The molecule has 2 aromatic heterocycles. The molecule has 3 aromatic rings. The molecule has 0 amide bonds. The van der Waals surface area contributed by atoms with E-state index in [0.29, 0.717) is 12.2 Å². The Bertz CT molecular complexity index is 724. The molecule has 1 aromatic carbocycles. The van der Waals surface area contributed by atoms with Crippen molar-refractivity contribution in [3.8, 4) is 11.3 Å². The molecule has 3 rings (SSSR count). The van der Waals surface area contributed by atoms with Crippen LogP contribution in [0.3, 0.4) is 0 Å². The molecular formula is C16H16N4O. The second-order valence-electron chi connectivity index (χ2n) is 4.83. The van der Waals surface area contributed by atoms with Crippen molar-refractivity contribution in [1.29, 1.82) is 0 Å². The highest BCUT2D eigenvalue weighted by Crippen LogP contribution is 2.28. The Balaban J connectivity index is 1.88. The van der Waals surface area contributed by atoms with Crippen LogP contribution in [0.25, 0.3) is 11.3 Å². The zero-order valence-corrected chi connectivity index (χ0v) is 11.4. The summed E-state index contributed by atoms with van der Waals surface area (Å²) in [6.07, 6.45) is 3.00. The number of aliphatic hydroxyl groups is 1. The fourth-order valence-corrected chi connectivity index (χ4v) is 2.33. The van der Waals surface area contributed by atoms with E-state index in [-0.39, 0.29) is 0 Å². The van der Waals surface area contributed by atoms with Gasteiger partial charge in [0.1, 0.15) is 5.82 Å². The van der Waals surface area contributed by atoms with Crippen LogP contribution in [0.1, 0.15) is 17.2 Å². The summed E-state index contributed by atoms with van der Waals surface area (Å²) in [5.74, 6) is 0.446. The lowest BCUT2D eigenvalue weighted by molar-refractivity contribution is 0.179. The highest BCUT2D eigenvalue weighted by Gasteiger charge is 2.17. The topological polar surface area (TPSA) is 87.8 Å². The van der Waals surface area contributed by atoms with Crippen molar-refractivity contribution in [1.82, 2.24) is 15.2 Å². The Morgan fingerprint density at radius 3 is 2.71 bits per heavy atom. The second-order valence-corrected chi connectivity index (χ2v) is 4.83. The minimum atomic E-state index is -0.689. The maximum Gasteiger partial charge on any atom is 0.126 e. The highest BCUT2D eigenvalue weighted by atomic mass is 16.3. The number of aromatic nitrogens is 3. The summed E-state index contributed by atoms with van der Waals surface area (Å²) in [6.45, 7) is 0. The number of hydrogen-bond donors (Lipinski definition) is 3. The highest BCUT2D eigenvalue weighted by molar-refractivity contribution is 5.63. The standard InChI is InChI=1S/C16H16N4O/c17-16-12(7-4-8-18-16)9-14(21)13-10-19-20-15(13)11-5-2-1-3-6-11/h1-8,10,14,21H,9H2,(H2,17,18)(H,19,20). The number of benzene rings is 1. The predicted octanol–water partition coefficient (Wildman–Crippen LogP) is 2.33. The van der Waals surface area contributed by atoms with Gasteiger partial charge in [0.15, 0.2) is 0 Å². The summed E-state index contributed by atoms with van der Waals surface area (Å²) in [6, 6.07) is 13.5. The first-order chi connectivity index (χ1) is 10.3. The van der Waals surface area contributed by atoms with Crippen molar-refractivity contribution in [2.75, 3.05) is 5.73 Å². The van der Waals surface area contributed by atoms with Gasteiger partial charge in [-0.25, -0.2) is 4.98 Å². The Morgan fingerprint density at radius 1 is 1.14 bits per heavy atom. The van der Waals surface area contributed by atoms with Gasteiger partial charge in [-0.15, -0.1) is 0 Å². The molecule has 0 saturated carbocycles. The fraction of sp³-hybridized carbons (Fsp3) is 0.125.